The number of rotatable bonds is 1. The van der Waals surface area contributed by atoms with Gasteiger partial charge < -0.3 is 5.32 Å². The van der Waals surface area contributed by atoms with Crippen molar-refractivity contribution in [3.63, 3.8) is 0 Å². The molecule has 0 aliphatic heterocycles. The summed E-state index contributed by atoms with van der Waals surface area (Å²) in [7, 11) is 0. The molecule has 1 saturated carbocycles. The van der Waals surface area contributed by atoms with Crippen molar-refractivity contribution in [3.05, 3.63) is 0 Å². The molecule has 1 rings (SSSR count). The van der Waals surface area contributed by atoms with E-state index < -0.39 is 0 Å². The molecule has 0 atom stereocenters. The van der Waals surface area contributed by atoms with Crippen LogP contribution in [0.15, 0.2) is 0 Å². The average molecular weight is 147 g/mol. The first-order valence-corrected chi connectivity index (χ1v) is 3.64. The van der Waals surface area contributed by atoms with Crippen molar-refractivity contribution < 1.29 is 0 Å². The number of thiocarbonyl (C=S) groups is 1. The van der Waals surface area contributed by atoms with Crippen LogP contribution in [0.1, 0.15) is 19.3 Å². The first-order chi connectivity index (χ1) is 3.79. The summed E-state index contributed by atoms with van der Waals surface area (Å²) in [5, 5.41) is 3.07. The summed E-state index contributed by atoms with van der Waals surface area (Å²) in [5.74, 6) is 0. The van der Waals surface area contributed by atoms with Crippen molar-refractivity contribution >= 4 is 29.2 Å². The van der Waals surface area contributed by atoms with Crippen LogP contribution in [0.2, 0.25) is 0 Å². The fourth-order valence-electron chi connectivity index (χ4n) is 0.727. The fourth-order valence-corrected chi connectivity index (χ4v) is 1.08. The first kappa shape index (κ1) is 6.36. The molecule has 1 aliphatic carbocycles. The average Bonchev–Trinajstić information content (AvgIpc) is 1.55. The lowest BCUT2D eigenvalue weighted by Gasteiger charge is -2.26. The van der Waals surface area contributed by atoms with Gasteiger partial charge in [-0.3, -0.25) is 0 Å². The van der Waals surface area contributed by atoms with Crippen molar-refractivity contribution in [1.82, 2.24) is 5.32 Å². The molecule has 0 saturated heterocycles. The Morgan fingerprint density at radius 2 is 2.25 bits per heavy atom. The van der Waals surface area contributed by atoms with Gasteiger partial charge in [-0.1, -0.05) is 12.2 Å². The summed E-state index contributed by atoms with van der Waals surface area (Å²) >= 11 is 8.67. The van der Waals surface area contributed by atoms with E-state index in [1.807, 2.05) is 0 Å². The van der Waals surface area contributed by atoms with Gasteiger partial charge in [-0.05, 0) is 19.3 Å². The van der Waals surface area contributed by atoms with E-state index in [9.17, 15) is 0 Å². The highest BCUT2D eigenvalue weighted by atomic mass is 32.1. The molecule has 0 amide bonds. The second kappa shape index (κ2) is 2.69. The molecule has 46 valence electrons. The van der Waals surface area contributed by atoms with Crippen LogP contribution in [-0.4, -0.2) is 10.4 Å². The summed E-state index contributed by atoms with van der Waals surface area (Å²) in [6.45, 7) is 0. The Balaban J connectivity index is 2.09. The lowest BCUT2D eigenvalue weighted by atomic mass is 9.94. The summed E-state index contributed by atoms with van der Waals surface area (Å²) in [6.07, 6.45) is 3.87. The van der Waals surface area contributed by atoms with E-state index in [-0.39, 0.29) is 0 Å². The molecule has 0 radical (unpaired) electrons. The van der Waals surface area contributed by atoms with E-state index in [1.165, 1.54) is 19.3 Å². The molecule has 0 spiro atoms. The van der Waals surface area contributed by atoms with Crippen LogP contribution < -0.4 is 5.32 Å². The van der Waals surface area contributed by atoms with E-state index in [4.69, 9.17) is 12.2 Å². The molecule has 1 aliphatic rings. The van der Waals surface area contributed by atoms with Gasteiger partial charge >= 0.3 is 0 Å². The van der Waals surface area contributed by atoms with Gasteiger partial charge in [0.1, 0.15) is 4.32 Å². The third-order valence-corrected chi connectivity index (χ3v) is 1.68. The van der Waals surface area contributed by atoms with Gasteiger partial charge in [0, 0.05) is 6.04 Å². The molecule has 0 bridgehead atoms. The summed E-state index contributed by atoms with van der Waals surface area (Å²) in [6, 6.07) is 0.639. The zero-order valence-corrected chi connectivity index (χ0v) is 6.27. The monoisotopic (exact) mass is 147 g/mol. The fraction of sp³-hybridized carbons (Fsp3) is 0.800. The van der Waals surface area contributed by atoms with Gasteiger partial charge in [0.25, 0.3) is 0 Å². The minimum Gasteiger partial charge on any atom is -0.368 e. The quantitative estimate of drug-likeness (QED) is 0.429. The molecular formula is C5H9NS2. The van der Waals surface area contributed by atoms with Crippen LogP contribution in [0.4, 0.5) is 0 Å². The standard InChI is InChI=1S/C5H9NS2/c7-5(8)6-4-2-1-3-4/h4H,1-3H2,(H2,6,7,8). The molecule has 3 heteroatoms. The van der Waals surface area contributed by atoms with Crippen molar-refractivity contribution in [3.8, 4) is 0 Å². The topological polar surface area (TPSA) is 12.0 Å². The lowest BCUT2D eigenvalue weighted by molar-refractivity contribution is 0.387. The molecule has 1 nitrogen and oxygen atoms in total. The van der Waals surface area contributed by atoms with Crippen molar-refractivity contribution in [2.75, 3.05) is 0 Å². The molecule has 8 heavy (non-hydrogen) atoms. The maximum Gasteiger partial charge on any atom is 0.130 e. The van der Waals surface area contributed by atoms with E-state index in [1.54, 1.807) is 0 Å². The van der Waals surface area contributed by atoms with Gasteiger partial charge in [0.05, 0.1) is 0 Å². The SMILES string of the molecule is S=C(S)NC1CCC1. The Bertz CT molecular complexity index is 98.6. The molecule has 0 heterocycles. The van der Waals surface area contributed by atoms with Crippen molar-refractivity contribution in [2.45, 2.75) is 25.3 Å². The Labute approximate surface area is 60.3 Å². The Kier molecular flexibility index (Phi) is 2.14. The molecule has 0 aromatic carbocycles. The number of hydrogen-bond donors (Lipinski definition) is 2. The first-order valence-electron chi connectivity index (χ1n) is 2.78. The predicted octanol–water partition coefficient (Wildman–Crippen LogP) is 1.34. The highest BCUT2D eigenvalue weighted by molar-refractivity contribution is 8.11. The smallest absolute Gasteiger partial charge is 0.130 e. The van der Waals surface area contributed by atoms with Crippen LogP contribution >= 0.6 is 24.8 Å². The summed E-state index contributed by atoms with van der Waals surface area (Å²) in [4.78, 5) is 0. The van der Waals surface area contributed by atoms with E-state index >= 15 is 0 Å². The maximum absolute atomic E-state index is 4.73. The third kappa shape index (κ3) is 1.63. The number of hydrogen-bond acceptors (Lipinski definition) is 1. The minimum absolute atomic E-state index is 0.634. The lowest BCUT2D eigenvalue weighted by Crippen LogP contribution is -2.36. The van der Waals surface area contributed by atoms with Gasteiger partial charge in [-0.25, -0.2) is 0 Å². The van der Waals surface area contributed by atoms with E-state index in [2.05, 4.69) is 17.9 Å². The van der Waals surface area contributed by atoms with Crippen LogP contribution in [0.3, 0.4) is 0 Å². The van der Waals surface area contributed by atoms with Crippen LogP contribution in [-0.2, 0) is 0 Å². The minimum atomic E-state index is 0.634. The molecular weight excluding hydrogens is 138 g/mol. The normalized spacial score (nSPS) is 19.6. The van der Waals surface area contributed by atoms with Gasteiger partial charge in [0.2, 0.25) is 0 Å². The van der Waals surface area contributed by atoms with Gasteiger partial charge in [-0.2, -0.15) is 0 Å². The van der Waals surface area contributed by atoms with Gasteiger partial charge in [0.15, 0.2) is 0 Å². The molecule has 1 N–H and O–H groups in total. The molecule has 0 aromatic rings. The van der Waals surface area contributed by atoms with Crippen molar-refractivity contribution in [1.29, 1.82) is 0 Å². The third-order valence-electron chi connectivity index (χ3n) is 1.43. The zero-order valence-electron chi connectivity index (χ0n) is 4.55. The summed E-state index contributed by atoms with van der Waals surface area (Å²) in [5.41, 5.74) is 0. The van der Waals surface area contributed by atoms with Crippen LogP contribution in [0.25, 0.3) is 0 Å². The maximum atomic E-state index is 4.73. The Hall–Kier alpha value is 0.240. The predicted molar refractivity (Wildman–Crippen MR) is 42.4 cm³/mol. The van der Waals surface area contributed by atoms with E-state index in [0.717, 1.165) is 0 Å². The summed E-state index contributed by atoms with van der Waals surface area (Å²) < 4.78 is 0.634. The number of nitrogens with one attached hydrogen (secondary N) is 1. The molecule has 0 aromatic heterocycles. The van der Waals surface area contributed by atoms with Crippen LogP contribution in [0.5, 0.6) is 0 Å². The highest BCUT2D eigenvalue weighted by Crippen LogP contribution is 2.17. The Morgan fingerprint density at radius 1 is 1.62 bits per heavy atom. The molecule has 1 fully saturated rings. The highest BCUT2D eigenvalue weighted by Gasteiger charge is 2.16. The van der Waals surface area contributed by atoms with Crippen LogP contribution in [0, 0.1) is 0 Å². The van der Waals surface area contributed by atoms with Gasteiger partial charge in [-0.15, -0.1) is 12.6 Å². The second-order valence-corrected chi connectivity index (χ2v) is 3.24. The largest absolute Gasteiger partial charge is 0.368 e. The second-order valence-electron chi connectivity index (χ2n) is 2.08. The number of thiol groups is 1. The molecule has 0 unspecified atom stereocenters. The van der Waals surface area contributed by atoms with E-state index in [0.29, 0.717) is 10.4 Å². The Morgan fingerprint density at radius 3 is 2.38 bits per heavy atom. The zero-order chi connectivity index (χ0) is 5.98. The van der Waals surface area contributed by atoms with Crippen molar-refractivity contribution in [2.24, 2.45) is 0 Å².